The minimum Gasteiger partial charge on any atom is -0.465 e. The summed E-state index contributed by atoms with van der Waals surface area (Å²) in [5, 5.41) is 10.9. The van der Waals surface area contributed by atoms with Crippen LogP contribution in [0.25, 0.3) is 0 Å². The van der Waals surface area contributed by atoms with Crippen molar-refractivity contribution in [3.63, 3.8) is 0 Å². The normalized spacial score (nSPS) is 12.2. The molecule has 0 aliphatic heterocycles. The van der Waals surface area contributed by atoms with Crippen LogP contribution in [0.3, 0.4) is 0 Å². The molecule has 0 bridgehead atoms. The maximum Gasteiger partial charge on any atom is 0.405 e. The molecule has 0 saturated heterocycles. The van der Waals surface area contributed by atoms with Crippen molar-refractivity contribution in [3.8, 4) is 0 Å². The Morgan fingerprint density at radius 1 is 1.38 bits per heavy atom. The molecule has 70 valence electrons. The van der Waals surface area contributed by atoms with Crippen LogP contribution in [0.2, 0.25) is 0 Å². The summed E-state index contributed by atoms with van der Waals surface area (Å²) in [6.45, 7) is 3.82. The van der Waals surface area contributed by atoms with Crippen LogP contribution in [0.1, 0.15) is 24.1 Å². The first-order valence-electron chi connectivity index (χ1n) is 4.15. The van der Waals surface area contributed by atoms with Crippen molar-refractivity contribution < 1.29 is 9.90 Å². The van der Waals surface area contributed by atoms with Crippen LogP contribution in [0, 0.1) is 6.92 Å². The summed E-state index contributed by atoms with van der Waals surface area (Å²) in [6, 6.07) is 7.63. The lowest BCUT2D eigenvalue weighted by atomic mass is 10.1. The van der Waals surface area contributed by atoms with Gasteiger partial charge in [0.25, 0.3) is 0 Å². The quantitative estimate of drug-likeness (QED) is 0.732. The average Bonchev–Trinajstić information content (AvgIpc) is 2.04. The monoisotopic (exact) mass is 179 g/mol. The van der Waals surface area contributed by atoms with E-state index in [0.717, 1.165) is 5.56 Å². The standard InChI is InChI=1S/C10H13NO2/c1-7-3-5-9(6-4-7)8(2)11-10(12)13/h3-6,8,11H,1-2H3,(H,12,13)/t8-/m0/s1. The van der Waals surface area contributed by atoms with Crippen LogP contribution in [-0.4, -0.2) is 11.2 Å². The number of hydrogen-bond acceptors (Lipinski definition) is 1. The highest BCUT2D eigenvalue weighted by Gasteiger charge is 2.06. The fourth-order valence-electron chi connectivity index (χ4n) is 1.12. The van der Waals surface area contributed by atoms with E-state index >= 15 is 0 Å². The van der Waals surface area contributed by atoms with Crippen LogP contribution < -0.4 is 5.32 Å². The number of hydrogen-bond donors (Lipinski definition) is 2. The molecule has 1 amide bonds. The highest BCUT2D eigenvalue weighted by molar-refractivity contribution is 5.65. The highest BCUT2D eigenvalue weighted by atomic mass is 16.4. The smallest absolute Gasteiger partial charge is 0.405 e. The van der Waals surface area contributed by atoms with Gasteiger partial charge in [-0.1, -0.05) is 29.8 Å². The summed E-state index contributed by atoms with van der Waals surface area (Å²) in [6.07, 6.45) is -0.993. The van der Waals surface area contributed by atoms with Gasteiger partial charge in [-0.2, -0.15) is 0 Å². The SMILES string of the molecule is Cc1ccc([C@H](C)NC(=O)O)cc1. The van der Waals surface area contributed by atoms with E-state index in [1.54, 1.807) is 0 Å². The summed E-state index contributed by atoms with van der Waals surface area (Å²) in [7, 11) is 0. The first-order chi connectivity index (χ1) is 6.09. The van der Waals surface area contributed by atoms with Crippen LogP contribution in [0.15, 0.2) is 24.3 Å². The second kappa shape index (κ2) is 3.94. The molecule has 1 rings (SSSR count). The van der Waals surface area contributed by atoms with Crippen molar-refractivity contribution in [1.82, 2.24) is 5.32 Å². The lowest BCUT2D eigenvalue weighted by Crippen LogP contribution is -2.24. The molecule has 0 saturated carbocycles. The molecule has 1 aromatic carbocycles. The van der Waals surface area contributed by atoms with Crippen LogP contribution in [0.5, 0.6) is 0 Å². The van der Waals surface area contributed by atoms with E-state index in [1.165, 1.54) is 5.56 Å². The Morgan fingerprint density at radius 2 is 1.92 bits per heavy atom. The van der Waals surface area contributed by atoms with E-state index in [-0.39, 0.29) is 6.04 Å². The zero-order valence-electron chi connectivity index (χ0n) is 7.74. The van der Waals surface area contributed by atoms with Crippen LogP contribution in [0.4, 0.5) is 4.79 Å². The van der Waals surface area contributed by atoms with Gasteiger partial charge in [-0.25, -0.2) is 4.79 Å². The van der Waals surface area contributed by atoms with Crippen molar-refractivity contribution in [3.05, 3.63) is 35.4 Å². The zero-order valence-corrected chi connectivity index (χ0v) is 7.74. The summed E-state index contributed by atoms with van der Waals surface area (Å²) in [5.74, 6) is 0. The molecule has 1 aromatic rings. The van der Waals surface area contributed by atoms with Gasteiger partial charge in [0.05, 0.1) is 6.04 Å². The molecule has 3 heteroatoms. The Hall–Kier alpha value is -1.51. The minimum absolute atomic E-state index is 0.155. The number of nitrogens with one attached hydrogen (secondary N) is 1. The molecule has 0 aliphatic rings. The number of aryl methyl sites for hydroxylation is 1. The van der Waals surface area contributed by atoms with Gasteiger partial charge in [-0.15, -0.1) is 0 Å². The van der Waals surface area contributed by atoms with E-state index in [4.69, 9.17) is 5.11 Å². The van der Waals surface area contributed by atoms with Gasteiger partial charge in [0.15, 0.2) is 0 Å². The van der Waals surface area contributed by atoms with Gasteiger partial charge in [-0.3, -0.25) is 0 Å². The molecule has 0 unspecified atom stereocenters. The molecule has 2 N–H and O–H groups in total. The first kappa shape index (κ1) is 9.58. The first-order valence-corrected chi connectivity index (χ1v) is 4.15. The fourth-order valence-corrected chi connectivity index (χ4v) is 1.12. The molecule has 0 aliphatic carbocycles. The molecule has 0 radical (unpaired) electrons. The van der Waals surface area contributed by atoms with Crippen molar-refractivity contribution >= 4 is 6.09 Å². The molecular weight excluding hydrogens is 166 g/mol. The number of benzene rings is 1. The van der Waals surface area contributed by atoms with Crippen LogP contribution in [-0.2, 0) is 0 Å². The number of carboxylic acid groups (broad SMARTS) is 1. The number of rotatable bonds is 2. The second-order valence-electron chi connectivity index (χ2n) is 3.08. The average molecular weight is 179 g/mol. The second-order valence-corrected chi connectivity index (χ2v) is 3.08. The Morgan fingerprint density at radius 3 is 2.38 bits per heavy atom. The molecule has 0 heterocycles. The largest absolute Gasteiger partial charge is 0.465 e. The topological polar surface area (TPSA) is 49.3 Å². The molecule has 3 nitrogen and oxygen atoms in total. The predicted octanol–water partition coefficient (Wildman–Crippen LogP) is 2.32. The van der Waals surface area contributed by atoms with Crippen molar-refractivity contribution in [2.24, 2.45) is 0 Å². The molecule has 0 aromatic heterocycles. The Labute approximate surface area is 77.4 Å². The molecule has 1 atom stereocenters. The zero-order chi connectivity index (χ0) is 9.84. The summed E-state index contributed by atoms with van der Waals surface area (Å²) in [4.78, 5) is 10.3. The lowest BCUT2D eigenvalue weighted by Gasteiger charge is -2.11. The van der Waals surface area contributed by atoms with Gasteiger partial charge in [0.1, 0.15) is 0 Å². The molecule has 0 spiro atoms. The van der Waals surface area contributed by atoms with Gasteiger partial charge >= 0.3 is 6.09 Å². The molecule has 0 fully saturated rings. The van der Waals surface area contributed by atoms with Crippen LogP contribution >= 0.6 is 0 Å². The Balaban J connectivity index is 2.71. The van der Waals surface area contributed by atoms with Gasteiger partial charge in [0.2, 0.25) is 0 Å². The predicted molar refractivity (Wildman–Crippen MR) is 50.8 cm³/mol. The Bertz CT molecular complexity index is 292. The van der Waals surface area contributed by atoms with Crippen molar-refractivity contribution in [2.75, 3.05) is 0 Å². The Kier molecular flexibility index (Phi) is 2.90. The maximum atomic E-state index is 10.3. The molecule has 13 heavy (non-hydrogen) atoms. The van der Waals surface area contributed by atoms with E-state index in [9.17, 15) is 4.79 Å². The van der Waals surface area contributed by atoms with E-state index in [2.05, 4.69) is 5.32 Å². The summed E-state index contributed by atoms with van der Waals surface area (Å²) >= 11 is 0. The highest BCUT2D eigenvalue weighted by Crippen LogP contribution is 2.12. The molecular formula is C10H13NO2. The summed E-state index contributed by atoms with van der Waals surface area (Å²) < 4.78 is 0. The summed E-state index contributed by atoms with van der Waals surface area (Å²) in [5.41, 5.74) is 2.15. The maximum absolute atomic E-state index is 10.3. The number of amides is 1. The third kappa shape index (κ3) is 2.78. The van der Waals surface area contributed by atoms with Crippen molar-refractivity contribution in [1.29, 1.82) is 0 Å². The van der Waals surface area contributed by atoms with Gasteiger partial charge in [-0.05, 0) is 19.4 Å². The van der Waals surface area contributed by atoms with Gasteiger partial charge in [0, 0.05) is 0 Å². The van der Waals surface area contributed by atoms with E-state index in [0.29, 0.717) is 0 Å². The number of carbonyl (C=O) groups is 1. The third-order valence-electron chi connectivity index (χ3n) is 1.92. The fraction of sp³-hybridized carbons (Fsp3) is 0.300. The minimum atomic E-state index is -0.993. The third-order valence-corrected chi connectivity index (χ3v) is 1.92. The lowest BCUT2D eigenvalue weighted by molar-refractivity contribution is 0.191. The van der Waals surface area contributed by atoms with Crippen molar-refractivity contribution in [2.45, 2.75) is 19.9 Å². The van der Waals surface area contributed by atoms with Gasteiger partial charge < -0.3 is 10.4 Å². The van der Waals surface area contributed by atoms with E-state index < -0.39 is 6.09 Å². The van der Waals surface area contributed by atoms with E-state index in [1.807, 2.05) is 38.1 Å².